The molecule has 1 aliphatic rings. The third-order valence-electron chi connectivity index (χ3n) is 5.43. The third-order valence-corrected chi connectivity index (χ3v) is 6.75. The molecule has 3 aromatic heterocycles. The number of likely N-dealkylation sites (tertiary alicyclic amines) is 1. The van der Waals surface area contributed by atoms with Crippen LogP contribution in [0.4, 0.5) is 0 Å². The second-order valence-electron chi connectivity index (χ2n) is 7.59. The molecule has 2 atom stereocenters. The first-order chi connectivity index (χ1) is 14.1. The zero-order valence-corrected chi connectivity index (χ0v) is 17.5. The molecule has 5 rings (SSSR count). The van der Waals surface area contributed by atoms with Crippen LogP contribution in [-0.4, -0.2) is 37.7 Å². The lowest BCUT2D eigenvalue weighted by Crippen LogP contribution is -2.37. The molecule has 0 unspecified atom stereocenters. The summed E-state index contributed by atoms with van der Waals surface area (Å²) in [5.74, 6) is 1.81. The summed E-state index contributed by atoms with van der Waals surface area (Å²) in [7, 11) is 0. The van der Waals surface area contributed by atoms with Crippen LogP contribution in [0.3, 0.4) is 0 Å². The van der Waals surface area contributed by atoms with E-state index in [1.165, 1.54) is 22.3 Å². The molecule has 8 heteroatoms. The SMILES string of the molecule is C[C@H]1CCCN([C@H](c2ccc(Cl)cc2)c2sc3nc(-c4ccco4)nn3c2O)C1. The van der Waals surface area contributed by atoms with E-state index in [9.17, 15) is 5.11 Å². The predicted octanol–water partition coefficient (Wildman–Crippen LogP) is 5.23. The lowest BCUT2D eigenvalue weighted by atomic mass is 9.95. The van der Waals surface area contributed by atoms with Gasteiger partial charge in [0.05, 0.1) is 17.2 Å². The number of rotatable bonds is 4. The van der Waals surface area contributed by atoms with E-state index >= 15 is 0 Å². The molecule has 0 spiro atoms. The normalized spacial score (nSPS) is 19.0. The van der Waals surface area contributed by atoms with Gasteiger partial charge in [0.25, 0.3) is 0 Å². The van der Waals surface area contributed by atoms with Gasteiger partial charge in [0.15, 0.2) is 5.76 Å². The molecular weight excluding hydrogens is 408 g/mol. The predicted molar refractivity (Wildman–Crippen MR) is 113 cm³/mol. The van der Waals surface area contributed by atoms with Gasteiger partial charge in [-0.2, -0.15) is 9.50 Å². The molecule has 1 N–H and O–H groups in total. The highest BCUT2D eigenvalue weighted by atomic mass is 35.5. The van der Waals surface area contributed by atoms with Crippen LogP contribution in [0, 0.1) is 5.92 Å². The molecule has 4 aromatic rings. The van der Waals surface area contributed by atoms with Crippen molar-refractivity contribution in [1.29, 1.82) is 0 Å². The number of nitrogens with zero attached hydrogens (tertiary/aromatic N) is 4. The molecule has 0 bridgehead atoms. The Morgan fingerprint density at radius 3 is 2.79 bits per heavy atom. The van der Waals surface area contributed by atoms with Crippen molar-refractivity contribution < 1.29 is 9.52 Å². The first kappa shape index (κ1) is 18.7. The number of hydrogen-bond donors (Lipinski definition) is 1. The summed E-state index contributed by atoms with van der Waals surface area (Å²) < 4.78 is 6.90. The maximum absolute atomic E-state index is 11.1. The fraction of sp³-hybridized carbons (Fsp3) is 0.333. The van der Waals surface area contributed by atoms with Crippen molar-refractivity contribution in [2.24, 2.45) is 5.92 Å². The van der Waals surface area contributed by atoms with E-state index in [-0.39, 0.29) is 11.9 Å². The first-order valence-corrected chi connectivity index (χ1v) is 10.9. The fourth-order valence-electron chi connectivity index (χ4n) is 4.07. The number of thiazole rings is 1. The van der Waals surface area contributed by atoms with Gasteiger partial charge in [-0.3, -0.25) is 4.90 Å². The van der Waals surface area contributed by atoms with E-state index in [0.29, 0.717) is 27.5 Å². The van der Waals surface area contributed by atoms with Crippen molar-refractivity contribution in [3.05, 3.63) is 58.1 Å². The minimum absolute atomic E-state index is 0.0596. The van der Waals surface area contributed by atoms with Crippen molar-refractivity contribution >= 4 is 27.9 Å². The van der Waals surface area contributed by atoms with E-state index in [1.54, 1.807) is 12.3 Å². The fourth-order valence-corrected chi connectivity index (χ4v) is 5.31. The van der Waals surface area contributed by atoms with Crippen LogP contribution in [0.5, 0.6) is 5.88 Å². The molecule has 1 saturated heterocycles. The number of hydrogen-bond acceptors (Lipinski definition) is 6. The quantitative estimate of drug-likeness (QED) is 0.482. The second-order valence-corrected chi connectivity index (χ2v) is 9.04. The van der Waals surface area contributed by atoms with Gasteiger partial charge in [0, 0.05) is 11.6 Å². The number of furan rings is 1. The van der Waals surface area contributed by atoms with Gasteiger partial charge < -0.3 is 9.52 Å². The molecule has 1 fully saturated rings. The van der Waals surface area contributed by atoms with E-state index in [4.69, 9.17) is 16.0 Å². The molecule has 0 aliphatic carbocycles. The molecule has 4 heterocycles. The summed E-state index contributed by atoms with van der Waals surface area (Å²) in [6.07, 6.45) is 3.97. The Hall–Kier alpha value is -2.35. The highest BCUT2D eigenvalue weighted by Crippen LogP contribution is 2.42. The maximum Gasteiger partial charge on any atom is 0.230 e. The molecule has 0 saturated carbocycles. The second kappa shape index (κ2) is 7.48. The van der Waals surface area contributed by atoms with Crippen LogP contribution in [0.25, 0.3) is 16.5 Å². The molecule has 0 radical (unpaired) electrons. The van der Waals surface area contributed by atoms with Gasteiger partial charge >= 0.3 is 0 Å². The summed E-state index contributed by atoms with van der Waals surface area (Å²) >= 11 is 7.59. The van der Waals surface area contributed by atoms with Crippen LogP contribution in [0.1, 0.15) is 36.2 Å². The molecule has 150 valence electrons. The summed E-state index contributed by atoms with van der Waals surface area (Å²) in [5.41, 5.74) is 1.11. The van der Waals surface area contributed by atoms with Crippen LogP contribution in [-0.2, 0) is 0 Å². The van der Waals surface area contributed by atoms with Crippen molar-refractivity contribution in [3.63, 3.8) is 0 Å². The van der Waals surface area contributed by atoms with Crippen LogP contribution in [0.15, 0.2) is 47.1 Å². The largest absolute Gasteiger partial charge is 0.492 e. The van der Waals surface area contributed by atoms with Crippen molar-refractivity contribution in [3.8, 4) is 17.5 Å². The van der Waals surface area contributed by atoms with E-state index in [2.05, 4.69) is 21.9 Å². The Morgan fingerprint density at radius 2 is 2.10 bits per heavy atom. The third kappa shape index (κ3) is 3.43. The topological polar surface area (TPSA) is 66.8 Å². The van der Waals surface area contributed by atoms with Crippen LogP contribution < -0.4 is 0 Å². The summed E-state index contributed by atoms with van der Waals surface area (Å²) in [6, 6.07) is 11.4. The highest BCUT2D eigenvalue weighted by molar-refractivity contribution is 7.17. The monoisotopic (exact) mass is 428 g/mol. The van der Waals surface area contributed by atoms with Gasteiger partial charge in [-0.15, -0.1) is 5.10 Å². The molecule has 0 amide bonds. The number of piperidine rings is 1. The minimum atomic E-state index is -0.0596. The number of aromatic hydroxyl groups is 1. The zero-order valence-electron chi connectivity index (χ0n) is 16.0. The Kier molecular flexibility index (Phi) is 4.81. The number of fused-ring (bicyclic) bond motifs is 1. The summed E-state index contributed by atoms with van der Waals surface area (Å²) in [6.45, 7) is 4.25. The average molecular weight is 429 g/mol. The number of benzene rings is 1. The average Bonchev–Trinajstić information content (AvgIpc) is 3.43. The minimum Gasteiger partial charge on any atom is -0.492 e. The Labute approximate surface area is 177 Å². The lowest BCUT2D eigenvalue weighted by molar-refractivity contribution is 0.149. The van der Waals surface area contributed by atoms with Gasteiger partial charge in [-0.25, -0.2) is 0 Å². The van der Waals surface area contributed by atoms with E-state index in [1.807, 2.05) is 30.3 Å². The highest BCUT2D eigenvalue weighted by Gasteiger charge is 2.32. The van der Waals surface area contributed by atoms with E-state index in [0.717, 1.165) is 30.0 Å². The Morgan fingerprint density at radius 1 is 1.28 bits per heavy atom. The van der Waals surface area contributed by atoms with Crippen molar-refractivity contribution in [2.75, 3.05) is 13.1 Å². The summed E-state index contributed by atoms with van der Waals surface area (Å²) in [5, 5.41) is 16.2. The Bertz CT molecular complexity index is 1120. The van der Waals surface area contributed by atoms with Gasteiger partial charge in [-0.05, 0) is 55.1 Å². The van der Waals surface area contributed by atoms with Crippen molar-refractivity contribution in [1.82, 2.24) is 19.5 Å². The smallest absolute Gasteiger partial charge is 0.230 e. The number of aromatic nitrogens is 3. The molecule has 1 aromatic carbocycles. The zero-order chi connectivity index (χ0) is 20.0. The molecule has 29 heavy (non-hydrogen) atoms. The molecular formula is C21H21ClN4O2S. The molecule has 1 aliphatic heterocycles. The maximum atomic E-state index is 11.1. The lowest BCUT2D eigenvalue weighted by Gasteiger charge is -2.37. The van der Waals surface area contributed by atoms with Gasteiger partial charge in [0.1, 0.15) is 0 Å². The molecule has 6 nitrogen and oxygen atoms in total. The van der Waals surface area contributed by atoms with Crippen LogP contribution in [0.2, 0.25) is 5.02 Å². The van der Waals surface area contributed by atoms with Gasteiger partial charge in [0.2, 0.25) is 16.7 Å². The Balaban J connectivity index is 1.59. The number of halogens is 1. The first-order valence-electron chi connectivity index (χ1n) is 9.72. The van der Waals surface area contributed by atoms with E-state index < -0.39 is 0 Å². The summed E-state index contributed by atoms with van der Waals surface area (Å²) in [4.78, 5) is 8.50. The standard InChI is InChI=1S/C21H21ClN4O2S/c1-13-4-2-10-25(12-13)17(14-6-8-15(22)9-7-14)18-20(27)26-21(29-18)23-19(24-26)16-5-3-11-28-16/h3,5-9,11,13,17,27H,2,4,10,12H2,1H3/t13-,17+/m0/s1. The van der Waals surface area contributed by atoms with Crippen LogP contribution >= 0.6 is 22.9 Å². The van der Waals surface area contributed by atoms with Crippen molar-refractivity contribution in [2.45, 2.75) is 25.8 Å². The van der Waals surface area contributed by atoms with Gasteiger partial charge in [-0.1, -0.05) is 42.0 Å².